The zero-order chi connectivity index (χ0) is 15.4. The van der Waals surface area contributed by atoms with E-state index in [1.807, 2.05) is 6.92 Å². The topological polar surface area (TPSA) is 58.4 Å². The Bertz CT molecular complexity index is 506. The zero-order valence-corrected chi connectivity index (χ0v) is 12.7. The van der Waals surface area contributed by atoms with Crippen molar-refractivity contribution in [2.24, 2.45) is 5.92 Å². The standard InChI is InChI=1S/C16H24FN3O/c1-3-4-12-7-8-20(10-12)11(2)16(21)19-15-6-5-13(17)9-14(15)18/h5-6,9,11-12H,3-4,7-8,10,18H2,1-2H3,(H,19,21). The van der Waals surface area contributed by atoms with Gasteiger partial charge in [-0.25, -0.2) is 4.39 Å². The number of likely N-dealkylation sites (tertiary alicyclic amines) is 1. The number of nitrogens with two attached hydrogens (primary N) is 1. The van der Waals surface area contributed by atoms with Crippen LogP contribution in [0, 0.1) is 11.7 Å². The minimum absolute atomic E-state index is 0.0922. The molecule has 0 saturated carbocycles. The van der Waals surface area contributed by atoms with Gasteiger partial charge in [0.2, 0.25) is 5.91 Å². The largest absolute Gasteiger partial charge is 0.397 e. The van der Waals surface area contributed by atoms with Crippen LogP contribution in [-0.4, -0.2) is 29.9 Å². The SMILES string of the molecule is CCCC1CCN(C(C)C(=O)Nc2ccc(F)cc2N)C1. The number of nitrogens with one attached hydrogen (secondary N) is 1. The molecule has 0 radical (unpaired) electrons. The summed E-state index contributed by atoms with van der Waals surface area (Å²) in [4.78, 5) is 14.5. The first-order valence-corrected chi connectivity index (χ1v) is 7.61. The summed E-state index contributed by atoms with van der Waals surface area (Å²) >= 11 is 0. The molecular formula is C16H24FN3O. The highest BCUT2D eigenvalue weighted by Gasteiger charge is 2.29. The molecule has 1 amide bonds. The molecular weight excluding hydrogens is 269 g/mol. The molecule has 21 heavy (non-hydrogen) atoms. The lowest BCUT2D eigenvalue weighted by Gasteiger charge is -2.23. The fourth-order valence-electron chi connectivity index (χ4n) is 2.91. The molecule has 1 aromatic rings. The molecule has 1 aliphatic rings. The third kappa shape index (κ3) is 3.94. The van der Waals surface area contributed by atoms with Crippen LogP contribution in [0.4, 0.5) is 15.8 Å². The van der Waals surface area contributed by atoms with E-state index in [9.17, 15) is 9.18 Å². The molecule has 1 saturated heterocycles. The summed E-state index contributed by atoms with van der Waals surface area (Å²) in [5.74, 6) is 0.201. The number of hydrogen-bond acceptors (Lipinski definition) is 3. The minimum atomic E-state index is -0.402. The van der Waals surface area contributed by atoms with Crippen LogP contribution in [-0.2, 0) is 4.79 Å². The van der Waals surface area contributed by atoms with Gasteiger partial charge >= 0.3 is 0 Å². The summed E-state index contributed by atoms with van der Waals surface area (Å²) in [7, 11) is 0. The highest BCUT2D eigenvalue weighted by Crippen LogP contribution is 2.24. The predicted molar refractivity (Wildman–Crippen MR) is 83.5 cm³/mol. The summed E-state index contributed by atoms with van der Waals surface area (Å²) < 4.78 is 13.0. The van der Waals surface area contributed by atoms with Gasteiger partial charge in [0.15, 0.2) is 0 Å². The van der Waals surface area contributed by atoms with E-state index in [1.54, 1.807) is 0 Å². The lowest BCUT2D eigenvalue weighted by Crippen LogP contribution is -2.40. The molecule has 1 heterocycles. The zero-order valence-electron chi connectivity index (χ0n) is 12.7. The van der Waals surface area contributed by atoms with Crippen LogP contribution in [0.15, 0.2) is 18.2 Å². The highest BCUT2D eigenvalue weighted by molar-refractivity contribution is 5.97. The molecule has 1 fully saturated rings. The van der Waals surface area contributed by atoms with E-state index >= 15 is 0 Å². The molecule has 5 heteroatoms. The van der Waals surface area contributed by atoms with E-state index in [4.69, 9.17) is 5.73 Å². The molecule has 116 valence electrons. The van der Waals surface area contributed by atoms with Crippen LogP contribution in [0.25, 0.3) is 0 Å². The monoisotopic (exact) mass is 293 g/mol. The molecule has 2 atom stereocenters. The van der Waals surface area contributed by atoms with Crippen molar-refractivity contribution in [3.63, 3.8) is 0 Å². The molecule has 0 bridgehead atoms. The number of nitrogens with zero attached hydrogens (tertiary/aromatic N) is 1. The van der Waals surface area contributed by atoms with Gasteiger partial charge in [-0.3, -0.25) is 9.69 Å². The summed E-state index contributed by atoms with van der Waals surface area (Å²) in [6.07, 6.45) is 3.56. The third-order valence-electron chi connectivity index (χ3n) is 4.21. The summed E-state index contributed by atoms with van der Waals surface area (Å²) in [6, 6.07) is 3.81. The van der Waals surface area contributed by atoms with Gasteiger partial charge in [0.05, 0.1) is 17.4 Å². The Kier molecular flexibility index (Phi) is 5.17. The Balaban J connectivity index is 1.94. The van der Waals surface area contributed by atoms with Gasteiger partial charge in [0.25, 0.3) is 0 Å². The molecule has 1 aliphatic heterocycles. The maximum atomic E-state index is 13.0. The summed E-state index contributed by atoms with van der Waals surface area (Å²) in [5.41, 5.74) is 6.44. The number of nitrogen functional groups attached to an aromatic ring is 1. The first kappa shape index (κ1) is 15.8. The van der Waals surface area contributed by atoms with Gasteiger partial charge in [-0.1, -0.05) is 13.3 Å². The smallest absolute Gasteiger partial charge is 0.241 e. The van der Waals surface area contributed by atoms with E-state index in [2.05, 4.69) is 17.1 Å². The maximum Gasteiger partial charge on any atom is 0.241 e. The third-order valence-corrected chi connectivity index (χ3v) is 4.21. The fraction of sp³-hybridized carbons (Fsp3) is 0.562. The van der Waals surface area contributed by atoms with Gasteiger partial charge in [-0.05, 0) is 50.4 Å². The number of carbonyl (C=O) groups is 1. The van der Waals surface area contributed by atoms with Crippen molar-refractivity contribution in [2.75, 3.05) is 24.1 Å². The second-order valence-corrected chi connectivity index (χ2v) is 5.84. The van der Waals surface area contributed by atoms with Crippen molar-refractivity contribution in [1.82, 2.24) is 4.90 Å². The Morgan fingerprint density at radius 1 is 1.57 bits per heavy atom. The van der Waals surface area contributed by atoms with Crippen LogP contribution < -0.4 is 11.1 Å². The highest BCUT2D eigenvalue weighted by atomic mass is 19.1. The minimum Gasteiger partial charge on any atom is -0.397 e. The average Bonchev–Trinajstić information content (AvgIpc) is 2.90. The van der Waals surface area contributed by atoms with E-state index in [-0.39, 0.29) is 17.6 Å². The van der Waals surface area contributed by atoms with Crippen molar-refractivity contribution in [2.45, 2.75) is 39.2 Å². The second kappa shape index (κ2) is 6.89. The number of anilines is 2. The van der Waals surface area contributed by atoms with Crippen LogP contribution in [0.2, 0.25) is 0 Å². The molecule has 2 rings (SSSR count). The number of halogens is 1. The van der Waals surface area contributed by atoms with Gasteiger partial charge in [-0.2, -0.15) is 0 Å². The predicted octanol–water partition coefficient (Wildman–Crippen LogP) is 2.86. The number of amides is 1. The van der Waals surface area contributed by atoms with Crippen molar-refractivity contribution >= 4 is 17.3 Å². The van der Waals surface area contributed by atoms with E-state index < -0.39 is 5.82 Å². The second-order valence-electron chi connectivity index (χ2n) is 5.84. The van der Waals surface area contributed by atoms with E-state index in [0.29, 0.717) is 11.6 Å². The summed E-state index contributed by atoms with van der Waals surface area (Å²) in [6.45, 7) is 6.03. The Labute approximate surface area is 125 Å². The molecule has 4 nitrogen and oxygen atoms in total. The van der Waals surface area contributed by atoms with Crippen molar-refractivity contribution in [3.8, 4) is 0 Å². The number of carbonyl (C=O) groups excluding carboxylic acids is 1. The summed E-state index contributed by atoms with van der Waals surface area (Å²) in [5, 5.41) is 2.79. The van der Waals surface area contributed by atoms with E-state index in [0.717, 1.165) is 19.5 Å². The normalized spacial score (nSPS) is 20.4. The Hall–Kier alpha value is -1.62. The van der Waals surface area contributed by atoms with Crippen LogP contribution in [0.3, 0.4) is 0 Å². The number of benzene rings is 1. The molecule has 0 spiro atoms. The Morgan fingerprint density at radius 3 is 3.00 bits per heavy atom. The van der Waals surface area contributed by atoms with E-state index in [1.165, 1.54) is 31.0 Å². The van der Waals surface area contributed by atoms with Crippen molar-refractivity contribution in [1.29, 1.82) is 0 Å². The van der Waals surface area contributed by atoms with Crippen LogP contribution in [0.1, 0.15) is 33.1 Å². The van der Waals surface area contributed by atoms with Gasteiger partial charge in [0, 0.05) is 6.54 Å². The van der Waals surface area contributed by atoms with Crippen LogP contribution >= 0.6 is 0 Å². The first-order valence-electron chi connectivity index (χ1n) is 7.61. The van der Waals surface area contributed by atoms with Gasteiger partial charge in [0.1, 0.15) is 5.82 Å². The Morgan fingerprint density at radius 2 is 2.33 bits per heavy atom. The van der Waals surface area contributed by atoms with Gasteiger partial charge < -0.3 is 11.1 Å². The fourth-order valence-corrected chi connectivity index (χ4v) is 2.91. The molecule has 3 N–H and O–H groups in total. The molecule has 0 aliphatic carbocycles. The lowest BCUT2D eigenvalue weighted by molar-refractivity contribution is -0.120. The quantitative estimate of drug-likeness (QED) is 0.821. The van der Waals surface area contributed by atoms with Gasteiger partial charge in [-0.15, -0.1) is 0 Å². The van der Waals surface area contributed by atoms with Crippen molar-refractivity contribution < 1.29 is 9.18 Å². The first-order chi connectivity index (χ1) is 10.0. The number of hydrogen-bond donors (Lipinski definition) is 2. The maximum absolute atomic E-state index is 13.0. The molecule has 2 unspecified atom stereocenters. The van der Waals surface area contributed by atoms with Crippen LogP contribution in [0.5, 0.6) is 0 Å². The van der Waals surface area contributed by atoms with Crippen molar-refractivity contribution in [3.05, 3.63) is 24.0 Å². The number of rotatable bonds is 5. The molecule has 0 aromatic heterocycles. The molecule has 1 aromatic carbocycles. The lowest BCUT2D eigenvalue weighted by atomic mass is 10.0. The average molecular weight is 293 g/mol.